The van der Waals surface area contributed by atoms with E-state index >= 15 is 0 Å². The van der Waals surface area contributed by atoms with E-state index in [-0.39, 0.29) is 11.7 Å². The number of nitrogens with one attached hydrogen (secondary N) is 1. The predicted molar refractivity (Wildman–Crippen MR) is 60.2 cm³/mol. The van der Waals surface area contributed by atoms with Gasteiger partial charge in [0.15, 0.2) is 11.6 Å². The second-order valence-corrected chi connectivity index (χ2v) is 3.76. The molecule has 1 aromatic rings. The van der Waals surface area contributed by atoms with Gasteiger partial charge in [0.1, 0.15) is 0 Å². The fraction of sp³-hybridized carbons (Fsp3) is 0.417. The monoisotopic (exact) mass is 225 g/mol. The van der Waals surface area contributed by atoms with Gasteiger partial charge in [0.2, 0.25) is 0 Å². The van der Waals surface area contributed by atoms with Gasteiger partial charge in [-0.15, -0.1) is 0 Å². The zero-order chi connectivity index (χ0) is 12.1. The van der Waals surface area contributed by atoms with Crippen molar-refractivity contribution >= 4 is 6.09 Å². The summed E-state index contributed by atoms with van der Waals surface area (Å²) in [6.45, 7) is 6.19. The Hall–Kier alpha value is -1.58. The lowest BCUT2D eigenvalue weighted by atomic mass is 10.0. The van der Waals surface area contributed by atoms with Gasteiger partial charge in [-0.2, -0.15) is 0 Å². The van der Waals surface area contributed by atoms with Crippen LogP contribution in [0.15, 0.2) is 18.2 Å². The van der Waals surface area contributed by atoms with Gasteiger partial charge in [-0.3, -0.25) is 0 Å². The smallest absolute Gasteiger partial charge is 0.407 e. The van der Waals surface area contributed by atoms with E-state index in [2.05, 4.69) is 5.32 Å². The number of halogens is 1. The van der Waals surface area contributed by atoms with Crippen LogP contribution in [-0.4, -0.2) is 12.6 Å². The lowest BCUT2D eigenvalue weighted by Crippen LogP contribution is -2.26. The molecule has 0 spiro atoms. The molecule has 0 unspecified atom stereocenters. The first-order chi connectivity index (χ1) is 7.54. The minimum absolute atomic E-state index is 0.0304. The molecule has 1 aromatic carbocycles. The predicted octanol–water partition coefficient (Wildman–Crippen LogP) is 3.06. The largest absolute Gasteiger partial charge is 0.412 e. The van der Waals surface area contributed by atoms with Crippen molar-refractivity contribution in [3.63, 3.8) is 0 Å². The van der Waals surface area contributed by atoms with E-state index in [9.17, 15) is 9.18 Å². The first kappa shape index (κ1) is 12.5. The first-order valence-corrected chi connectivity index (χ1v) is 5.29. The summed E-state index contributed by atoms with van der Waals surface area (Å²) in [5, 5.41) is 2.44. The molecular weight excluding hydrogens is 209 g/mol. The van der Waals surface area contributed by atoms with Gasteiger partial charge in [-0.05, 0) is 30.5 Å². The molecule has 3 nitrogen and oxygen atoms in total. The van der Waals surface area contributed by atoms with Crippen LogP contribution in [0.5, 0.6) is 5.75 Å². The third kappa shape index (κ3) is 3.22. The van der Waals surface area contributed by atoms with Gasteiger partial charge in [0, 0.05) is 6.54 Å². The van der Waals surface area contributed by atoms with Gasteiger partial charge in [0.25, 0.3) is 0 Å². The number of hydrogen-bond donors (Lipinski definition) is 1. The van der Waals surface area contributed by atoms with Gasteiger partial charge >= 0.3 is 6.09 Å². The van der Waals surface area contributed by atoms with Crippen molar-refractivity contribution in [3.05, 3.63) is 29.6 Å². The Kier molecular flexibility index (Phi) is 4.28. The van der Waals surface area contributed by atoms with Gasteiger partial charge in [-0.25, -0.2) is 9.18 Å². The molecule has 0 aromatic heterocycles. The van der Waals surface area contributed by atoms with E-state index in [0.717, 1.165) is 5.56 Å². The maximum atomic E-state index is 13.3. The highest BCUT2D eigenvalue weighted by Crippen LogP contribution is 2.23. The summed E-state index contributed by atoms with van der Waals surface area (Å²) in [5.41, 5.74) is 0.931. The average molecular weight is 225 g/mol. The molecule has 0 heterocycles. The molecule has 0 saturated heterocycles. The molecule has 88 valence electrons. The molecule has 0 atom stereocenters. The van der Waals surface area contributed by atoms with E-state index in [4.69, 9.17) is 4.74 Å². The molecule has 0 saturated carbocycles. The highest BCUT2D eigenvalue weighted by Gasteiger charge is 2.10. The molecule has 1 amide bonds. The van der Waals surface area contributed by atoms with Crippen molar-refractivity contribution in [1.82, 2.24) is 5.32 Å². The van der Waals surface area contributed by atoms with Crippen molar-refractivity contribution in [1.29, 1.82) is 0 Å². The topological polar surface area (TPSA) is 38.3 Å². The summed E-state index contributed by atoms with van der Waals surface area (Å²) in [4.78, 5) is 11.1. The van der Waals surface area contributed by atoms with Crippen molar-refractivity contribution in [2.24, 2.45) is 0 Å². The van der Waals surface area contributed by atoms with Gasteiger partial charge < -0.3 is 10.1 Å². The summed E-state index contributed by atoms with van der Waals surface area (Å²) in [7, 11) is 0. The zero-order valence-corrected chi connectivity index (χ0v) is 9.71. The Morgan fingerprint density at radius 3 is 2.75 bits per heavy atom. The molecule has 0 aliphatic rings. The van der Waals surface area contributed by atoms with Crippen LogP contribution in [0.2, 0.25) is 0 Å². The van der Waals surface area contributed by atoms with E-state index in [1.54, 1.807) is 19.1 Å². The van der Waals surface area contributed by atoms with Crippen molar-refractivity contribution < 1.29 is 13.9 Å². The number of hydrogen-bond acceptors (Lipinski definition) is 2. The molecule has 0 radical (unpaired) electrons. The number of rotatable bonds is 3. The standard InChI is InChI=1S/C12H16FNO2/c1-4-14-12(15)16-11-7-9(8(2)3)5-6-10(11)13/h5-8H,4H2,1-3H3,(H,14,15). The van der Waals surface area contributed by atoms with Crippen LogP contribution in [-0.2, 0) is 0 Å². The SMILES string of the molecule is CCNC(=O)Oc1cc(C(C)C)ccc1F. The molecular formula is C12H16FNO2. The molecule has 0 aliphatic carbocycles. The van der Waals surface area contributed by atoms with E-state index < -0.39 is 11.9 Å². The van der Waals surface area contributed by atoms with Crippen LogP contribution in [0.25, 0.3) is 0 Å². The van der Waals surface area contributed by atoms with Crippen LogP contribution in [0.1, 0.15) is 32.3 Å². The van der Waals surface area contributed by atoms with Gasteiger partial charge in [0.05, 0.1) is 0 Å². The number of ether oxygens (including phenoxy) is 1. The van der Waals surface area contributed by atoms with Crippen LogP contribution >= 0.6 is 0 Å². The number of carbonyl (C=O) groups excluding carboxylic acids is 1. The highest BCUT2D eigenvalue weighted by molar-refractivity contribution is 5.70. The van der Waals surface area contributed by atoms with Crippen LogP contribution in [0.4, 0.5) is 9.18 Å². The number of amides is 1. The molecule has 0 fully saturated rings. The zero-order valence-electron chi connectivity index (χ0n) is 9.71. The Labute approximate surface area is 94.6 Å². The molecule has 16 heavy (non-hydrogen) atoms. The van der Waals surface area contributed by atoms with Crippen molar-refractivity contribution in [2.45, 2.75) is 26.7 Å². The average Bonchev–Trinajstić information content (AvgIpc) is 2.21. The summed E-state index contributed by atoms with van der Waals surface area (Å²) >= 11 is 0. The Morgan fingerprint density at radius 2 is 2.19 bits per heavy atom. The summed E-state index contributed by atoms with van der Waals surface area (Å²) < 4.78 is 18.2. The second kappa shape index (κ2) is 5.49. The Morgan fingerprint density at radius 1 is 1.50 bits per heavy atom. The summed E-state index contributed by atoms with van der Waals surface area (Å²) in [5.74, 6) is -0.301. The summed E-state index contributed by atoms with van der Waals surface area (Å²) in [6.07, 6.45) is -0.637. The quantitative estimate of drug-likeness (QED) is 0.858. The highest BCUT2D eigenvalue weighted by atomic mass is 19.1. The number of benzene rings is 1. The van der Waals surface area contributed by atoms with Crippen LogP contribution in [0, 0.1) is 5.82 Å². The fourth-order valence-corrected chi connectivity index (χ4v) is 1.24. The molecule has 0 bridgehead atoms. The minimum Gasteiger partial charge on any atom is -0.407 e. The van der Waals surface area contributed by atoms with Crippen LogP contribution < -0.4 is 10.1 Å². The maximum Gasteiger partial charge on any atom is 0.412 e. The Bertz CT molecular complexity index is 377. The Balaban J connectivity index is 2.86. The normalized spacial score (nSPS) is 10.3. The number of carbonyl (C=O) groups is 1. The van der Waals surface area contributed by atoms with Crippen molar-refractivity contribution in [3.8, 4) is 5.75 Å². The molecule has 1 N–H and O–H groups in total. The van der Waals surface area contributed by atoms with Gasteiger partial charge in [-0.1, -0.05) is 19.9 Å². The van der Waals surface area contributed by atoms with Crippen molar-refractivity contribution in [2.75, 3.05) is 6.54 Å². The van der Waals surface area contributed by atoms with E-state index in [1.807, 2.05) is 13.8 Å². The summed E-state index contributed by atoms with van der Waals surface area (Å²) in [6, 6.07) is 4.55. The van der Waals surface area contributed by atoms with E-state index in [1.165, 1.54) is 6.07 Å². The fourth-order valence-electron chi connectivity index (χ4n) is 1.24. The first-order valence-electron chi connectivity index (χ1n) is 5.29. The third-order valence-corrected chi connectivity index (χ3v) is 2.15. The molecule has 4 heteroatoms. The maximum absolute atomic E-state index is 13.3. The minimum atomic E-state index is -0.637. The molecule has 1 rings (SSSR count). The lowest BCUT2D eigenvalue weighted by Gasteiger charge is -2.09. The lowest BCUT2D eigenvalue weighted by molar-refractivity contribution is 0.199. The van der Waals surface area contributed by atoms with Crippen LogP contribution in [0.3, 0.4) is 0 Å². The second-order valence-electron chi connectivity index (χ2n) is 3.76. The third-order valence-electron chi connectivity index (χ3n) is 2.15. The van der Waals surface area contributed by atoms with E-state index in [0.29, 0.717) is 6.54 Å². The molecule has 0 aliphatic heterocycles.